The third-order valence-corrected chi connectivity index (χ3v) is 4.88. The van der Waals surface area contributed by atoms with E-state index in [9.17, 15) is 4.79 Å². The maximum atomic E-state index is 12.2. The van der Waals surface area contributed by atoms with Gasteiger partial charge in [-0.3, -0.25) is 4.79 Å². The summed E-state index contributed by atoms with van der Waals surface area (Å²) in [7, 11) is 0. The Morgan fingerprint density at radius 3 is 2.70 bits per heavy atom. The van der Waals surface area contributed by atoms with Crippen LogP contribution < -0.4 is 20.5 Å². The predicted molar refractivity (Wildman–Crippen MR) is 112 cm³/mol. The minimum absolute atomic E-state index is 0.423. The zero-order valence-electron chi connectivity index (χ0n) is 16.8. The Balaban J connectivity index is 1.70. The standard InChI is InChI=1S/C22H23N5O3/c1-3-29-18-11-16(9-10-17(18)30-12-15-7-5-4-6-8-15)20-19(21(23)28)14(2)26-22-24-13-25-27(20)22/h4-11,13,20H,3,12H2,1-2H3,(H2,23,28)(H,24,25,26). The summed E-state index contributed by atoms with van der Waals surface area (Å²) in [5, 5.41) is 7.36. The molecule has 30 heavy (non-hydrogen) atoms. The molecule has 0 spiro atoms. The number of nitrogens with zero attached hydrogens (tertiary/aromatic N) is 3. The summed E-state index contributed by atoms with van der Waals surface area (Å²) in [5.41, 5.74) is 8.63. The number of ether oxygens (including phenoxy) is 2. The lowest BCUT2D eigenvalue weighted by Crippen LogP contribution is -2.31. The number of primary amides is 1. The lowest BCUT2D eigenvalue weighted by atomic mass is 9.95. The van der Waals surface area contributed by atoms with Crippen LogP contribution in [0, 0.1) is 0 Å². The van der Waals surface area contributed by atoms with E-state index in [0.29, 0.717) is 41.9 Å². The minimum Gasteiger partial charge on any atom is -0.490 e. The number of aromatic nitrogens is 3. The van der Waals surface area contributed by atoms with Crippen molar-refractivity contribution in [1.82, 2.24) is 14.8 Å². The van der Waals surface area contributed by atoms with Gasteiger partial charge < -0.3 is 20.5 Å². The van der Waals surface area contributed by atoms with E-state index in [0.717, 1.165) is 11.1 Å². The summed E-state index contributed by atoms with van der Waals surface area (Å²) in [6.07, 6.45) is 1.44. The van der Waals surface area contributed by atoms with Crippen molar-refractivity contribution in [2.24, 2.45) is 5.73 Å². The van der Waals surface area contributed by atoms with Gasteiger partial charge in [-0.2, -0.15) is 10.1 Å². The zero-order valence-corrected chi connectivity index (χ0v) is 16.8. The van der Waals surface area contributed by atoms with Gasteiger partial charge in [0.25, 0.3) is 0 Å². The van der Waals surface area contributed by atoms with Crippen LogP contribution in [0.25, 0.3) is 0 Å². The van der Waals surface area contributed by atoms with Gasteiger partial charge in [0.05, 0.1) is 12.2 Å². The van der Waals surface area contributed by atoms with Gasteiger partial charge in [-0.15, -0.1) is 0 Å². The van der Waals surface area contributed by atoms with E-state index >= 15 is 0 Å². The molecule has 0 fully saturated rings. The highest BCUT2D eigenvalue weighted by atomic mass is 16.5. The molecule has 1 aromatic heterocycles. The lowest BCUT2D eigenvalue weighted by Gasteiger charge is -2.28. The van der Waals surface area contributed by atoms with E-state index in [4.69, 9.17) is 15.2 Å². The number of carbonyl (C=O) groups is 1. The van der Waals surface area contributed by atoms with Crippen LogP contribution in [-0.2, 0) is 11.4 Å². The van der Waals surface area contributed by atoms with Crippen LogP contribution in [0.3, 0.4) is 0 Å². The summed E-state index contributed by atoms with van der Waals surface area (Å²) in [5.74, 6) is 1.24. The molecule has 1 aliphatic heterocycles. The van der Waals surface area contributed by atoms with Crippen molar-refractivity contribution in [3.05, 3.63) is 77.3 Å². The van der Waals surface area contributed by atoms with Gasteiger partial charge >= 0.3 is 0 Å². The number of amides is 1. The molecular weight excluding hydrogens is 382 g/mol. The highest BCUT2D eigenvalue weighted by Gasteiger charge is 2.32. The maximum Gasteiger partial charge on any atom is 0.248 e. The number of benzene rings is 2. The van der Waals surface area contributed by atoms with Gasteiger partial charge in [0.1, 0.15) is 19.0 Å². The van der Waals surface area contributed by atoms with Crippen molar-refractivity contribution >= 4 is 11.9 Å². The highest BCUT2D eigenvalue weighted by molar-refractivity contribution is 5.95. The molecule has 1 aliphatic rings. The minimum atomic E-state index is -0.520. The predicted octanol–water partition coefficient (Wildman–Crippen LogP) is 3.03. The Kier molecular flexibility index (Phi) is 5.38. The molecule has 0 saturated heterocycles. The smallest absolute Gasteiger partial charge is 0.248 e. The number of hydrogen-bond acceptors (Lipinski definition) is 6. The van der Waals surface area contributed by atoms with Crippen LogP contribution in [0.2, 0.25) is 0 Å². The molecule has 1 atom stereocenters. The first kappa shape index (κ1) is 19.5. The molecule has 1 amide bonds. The summed E-state index contributed by atoms with van der Waals surface area (Å²) >= 11 is 0. The van der Waals surface area contributed by atoms with Crippen molar-refractivity contribution in [3.63, 3.8) is 0 Å². The molecule has 0 bridgehead atoms. The molecule has 0 aliphatic carbocycles. The quantitative estimate of drug-likeness (QED) is 0.626. The van der Waals surface area contributed by atoms with E-state index in [2.05, 4.69) is 15.4 Å². The van der Waals surface area contributed by atoms with Crippen LogP contribution in [0.4, 0.5) is 5.95 Å². The second-order valence-electron chi connectivity index (χ2n) is 6.87. The number of rotatable bonds is 7. The first-order chi connectivity index (χ1) is 14.6. The molecule has 154 valence electrons. The van der Waals surface area contributed by atoms with Gasteiger partial charge in [-0.1, -0.05) is 36.4 Å². The Bertz CT molecular complexity index is 1090. The van der Waals surface area contributed by atoms with Crippen LogP contribution in [0.5, 0.6) is 11.5 Å². The Morgan fingerprint density at radius 2 is 1.97 bits per heavy atom. The molecule has 8 nitrogen and oxygen atoms in total. The molecule has 2 heterocycles. The van der Waals surface area contributed by atoms with Gasteiger partial charge in [0, 0.05) is 5.70 Å². The van der Waals surface area contributed by atoms with Gasteiger partial charge in [-0.05, 0) is 37.1 Å². The zero-order chi connectivity index (χ0) is 21.1. The van der Waals surface area contributed by atoms with Crippen LogP contribution >= 0.6 is 0 Å². The Hall–Kier alpha value is -3.81. The summed E-state index contributed by atoms with van der Waals surface area (Å²) in [4.78, 5) is 16.4. The fourth-order valence-corrected chi connectivity index (χ4v) is 3.54. The first-order valence-electron chi connectivity index (χ1n) is 9.69. The fourth-order valence-electron chi connectivity index (χ4n) is 3.54. The maximum absolute atomic E-state index is 12.2. The van der Waals surface area contributed by atoms with E-state index in [1.54, 1.807) is 11.6 Å². The van der Waals surface area contributed by atoms with Crippen molar-refractivity contribution < 1.29 is 14.3 Å². The molecule has 0 saturated carbocycles. The average molecular weight is 405 g/mol. The number of hydrogen-bond donors (Lipinski definition) is 2. The molecule has 4 rings (SSSR count). The van der Waals surface area contributed by atoms with Crippen molar-refractivity contribution in [1.29, 1.82) is 0 Å². The van der Waals surface area contributed by atoms with Gasteiger partial charge in [0.2, 0.25) is 11.9 Å². The normalized spacial score (nSPS) is 15.3. The monoisotopic (exact) mass is 405 g/mol. The number of carbonyl (C=O) groups excluding carboxylic acids is 1. The summed E-state index contributed by atoms with van der Waals surface area (Å²) < 4.78 is 13.5. The van der Waals surface area contributed by atoms with Crippen LogP contribution in [0.1, 0.15) is 31.0 Å². The topological polar surface area (TPSA) is 104 Å². The number of anilines is 1. The number of allylic oxidation sites excluding steroid dienone is 1. The van der Waals surface area contributed by atoms with Crippen LogP contribution in [0.15, 0.2) is 66.1 Å². The lowest BCUT2D eigenvalue weighted by molar-refractivity contribution is -0.115. The molecular formula is C22H23N5O3. The van der Waals surface area contributed by atoms with Crippen molar-refractivity contribution in [3.8, 4) is 11.5 Å². The fraction of sp³-hybridized carbons (Fsp3) is 0.227. The second kappa shape index (κ2) is 8.28. The molecule has 3 aromatic rings. The van der Waals surface area contributed by atoms with Crippen LogP contribution in [-0.4, -0.2) is 27.3 Å². The molecule has 0 radical (unpaired) electrons. The molecule has 8 heteroatoms. The first-order valence-corrected chi connectivity index (χ1v) is 9.69. The van der Waals surface area contributed by atoms with Crippen molar-refractivity contribution in [2.45, 2.75) is 26.5 Å². The number of nitrogens with two attached hydrogens (primary N) is 1. The number of nitrogens with one attached hydrogen (secondary N) is 1. The van der Waals surface area contributed by atoms with Crippen molar-refractivity contribution in [2.75, 3.05) is 11.9 Å². The van der Waals surface area contributed by atoms with E-state index in [1.165, 1.54) is 6.33 Å². The summed E-state index contributed by atoms with van der Waals surface area (Å²) in [6, 6.07) is 15.0. The SMILES string of the molecule is CCOc1cc(C2C(C(N)=O)=C(C)Nc3ncnn32)ccc1OCc1ccccc1. The average Bonchev–Trinajstić information content (AvgIpc) is 3.20. The Labute approximate surface area is 174 Å². The van der Waals surface area contributed by atoms with Gasteiger partial charge in [-0.25, -0.2) is 4.68 Å². The van der Waals surface area contributed by atoms with E-state index in [1.807, 2.05) is 55.5 Å². The second-order valence-corrected chi connectivity index (χ2v) is 6.87. The summed E-state index contributed by atoms with van der Waals surface area (Å²) in [6.45, 7) is 4.61. The molecule has 3 N–H and O–H groups in total. The Morgan fingerprint density at radius 1 is 1.17 bits per heavy atom. The van der Waals surface area contributed by atoms with E-state index in [-0.39, 0.29) is 0 Å². The number of fused-ring (bicyclic) bond motifs is 1. The third kappa shape index (κ3) is 3.71. The third-order valence-electron chi connectivity index (χ3n) is 4.88. The highest BCUT2D eigenvalue weighted by Crippen LogP contribution is 2.38. The van der Waals surface area contributed by atoms with E-state index < -0.39 is 11.9 Å². The molecule has 1 unspecified atom stereocenters. The molecule has 2 aromatic carbocycles. The van der Waals surface area contributed by atoms with Gasteiger partial charge in [0.15, 0.2) is 11.5 Å². The largest absolute Gasteiger partial charge is 0.490 e.